The first-order chi connectivity index (χ1) is 20.5. The maximum atomic E-state index is 13.4. The van der Waals surface area contributed by atoms with Crippen molar-refractivity contribution >= 4 is 29.2 Å². The minimum absolute atomic E-state index is 0.0369. The number of Topliss-reactive ketones (excluding diaryl/α,β-unsaturated/α-hetero) is 1. The Morgan fingerprint density at radius 3 is 2.12 bits per heavy atom. The van der Waals surface area contributed by atoms with Crippen LogP contribution >= 0.6 is 0 Å². The Balaban J connectivity index is 1.60. The first kappa shape index (κ1) is 30.5. The SMILES string of the molecule is Nc1ccc(-c2ncc(NC(=O)OCc3ccccc3)c(=O)n2CC(=O)NC(Cc2ccccc2)C(=O)C(F)(F)F)cc1. The molecule has 10 nitrogen and oxygen atoms in total. The number of nitrogens with zero attached hydrogens (tertiary/aromatic N) is 2. The molecule has 222 valence electrons. The fourth-order valence-corrected chi connectivity index (χ4v) is 4.10. The summed E-state index contributed by atoms with van der Waals surface area (Å²) in [5.41, 5.74) is 6.34. The summed E-state index contributed by atoms with van der Waals surface area (Å²) in [6.45, 7) is -0.910. The molecular weight excluding hydrogens is 567 g/mol. The second-order valence-corrected chi connectivity index (χ2v) is 9.37. The Hall–Kier alpha value is -5.46. The van der Waals surface area contributed by atoms with Gasteiger partial charge < -0.3 is 15.8 Å². The van der Waals surface area contributed by atoms with E-state index in [1.54, 1.807) is 48.5 Å². The lowest BCUT2D eigenvalue weighted by molar-refractivity contribution is -0.173. The van der Waals surface area contributed by atoms with Crippen molar-refractivity contribution in [3.8, 4) is 11.4 Å². The van der Waals surface area contributed by atoms with Gasteiger partial charge in [0.2, 0.25) is 5.91 Å². The molecule has 0 aliphatic rings. The van der Waals surface area contributed by atoms with E-state index >= 15 is 0 Å². The highest BCUT2D eigenvalue weighted by Gasteiger charge is 2.44. The molecule has 0 spiro atoms. The van der Waals surface area contributed by atoms with E-state index in [2.05, 4.69) is 15.6 Å². The van der Waals surface area contributed by atoms with Gasteiger partial charge in [-0.25, -0.2) is 9.78 Å². The quantitative estimate of drug-likeness (QED) is 0.235. The van der Waals surface area contributed by atoms with Crippen molar-refractivity contribution in [3.05, 3.63) is 113 Å². The molecule has 4 N–H and O–H groups in total. The van der Waals surface area contributed by atoms with E-state index < -0.39 is 48.5 Å². The maximum absolute atomic E-state index is 13.4. The van der Waals surface area contributed by atoms with Crippen LogP contribution in [0.1, 0.15) is 11.1 Å². The number of nitrogens with two attached hydrogens (primary N) is 1. The fraction of sp³-hybridized carbons (Fsp3) is 0.167. The number of ketones is 1. The minimum atomic E-state index is -5.22. The van der Waals surface area contributed by atoms with Crippen LogP contribution in [0.25, 0.3) is 11.4 Å². The third-order valence-corrected chi connectivity index (χ3v) is 6.18. The molecule has 13 heteroatoms. The van der Waals surface area contributed by atoms with E-state index in [0.29, 0.717) is 22.4 Å². The maximum Gasteiger partial charge on any atom is 0.452 e. The van der Waals surface area contributed by atoms with Gasteiger partial charge in [0.25, 0.3) is 11.3 Å². The van der Waals surface area contributed by atoms with Crippen LogP contribution in [0.15, 0.2) is 95.9 Å². The van der Waals surface area contributed by atoms with Gasteiger partial charge in [-0.15, -0.1) is 0 Å². The smallest absolute Gasteiger partial charge is 0.444 e. The molecule has 2 amide bonds. The van der Waals surface area contributed by atoms with Crippen molar-refractivity contribution < 1.29 is 32.3 Å². The summed E-state index contributed by atoms with van der Waals surface area (Å²) in [4.78, 5) is 55.3. The molecular formula is C30H26F3N5O5. The predicted octanol–water partition coefficient (Wildman–Crippen LogP) is 4.10. The lowest BCUT2D eigenvalue weighted by atomic mass is 10.0. The van der Waals surface area contributed by atoms with E-state index in [-0.39, 0.29) is 18.1 Å². The molecule has 43 heavy (non-hydrogen) atoms. The largest absolute Gasteiger partial charge is 0.452 e. The van der Waals surface area contributed by atoms with Crippen molar-refractivity contribution in [2.24, 2.45) is 0 Å². The van der Waals surface area contributed by atoms with E-state index in [0.717, 1.165) is 10.8 Å². The molecule has 3 aromatic carbocycles. The van der Waals surface area contributed by atoms with E-state index in [1.165, 1.54) is 36.4 Å². The minimum Gasteiger partial charge on any atom is -0.444 e. The molecule has 1 atom stereocenters. The predicted molar refractivity (Wildman–Crippen MR) is 152 cm³/mol. The van der Waals surface area contributed by atoms with E-state index in [1.807, 2.05) is 0 Å². The number of anilines is 2. The Labute approximate surface area is 243 Å². The van der Waals surface area contributed by atoms with Gasteiger partial charge in [-0.1, -0.05) is 60.7 Å². The van der Waals surface area contributed by atoms with Gasteiger partial charge in [-0.05, 0) is 35.4 Å². The summed E-state index contributed by atoms with van der Waals surface area (Å²) in [6, 6.07) is 20.8. The zero-order valence-corrected chi connectivity index (χ0v) is 22.5. The molecule has 0 aliphatic carbocycles. The molecule has 0 fully saturated rings. The van der Waals surface area contributed by atoms with Crippen LogP contribution in [0.4, 0.5) is 29.3 Å². The lowest BCUT2D eigenvalue weighted by Crippen LogP contribution is -2.49. The normalized spacial score (nSPS) is 11.8. The van der Waals surface area contributed by atoms with Crippen molar-refractivity contribution in [3.63, 3.8) is 0 Å². The number of alkyl halides is 3. The van der Waals surface area contributed by atoms with Crippen LogP contribution in [-0.4, -0.2) is 39.6 Å². The van der Waals surface area contributed by atoms with Crippen molar-refractivity contribution in [2.75, 3.05) is 11.1 Å². The topological polar surface area (TPSA) is 145 Å². The van der Waals surface area contributed by atoms with E-state index in [4.69, 9.17) is 10.5 Å². The third-order valence-electron chi connectivity index (χ3n) is 6.18. The summed E-state index contributed by atoms with van der Waals surface area (Å²) in [6.07, 6.45) is -5.56. The zero-order valence-electron chi connectivity index (χ0n) is 22.5. The average Bonchev–Trinajstić information content (AvgIpc) is 2.98. The number of hydrogen-bond donors (Lipinski definition) is 3. The number of carbonyl (C=O) groups excluding carboxylic acids is 3. The second-order valence-electron chi connectivity index (χ2n) is 9.37. The Morgan fingerprint density at radius 1 is 0.907 bits per heavy atom. The second kappa shape index (κ2) is 13.5. The molecule has 4 aromatic rings. The summed E-state index contributed by atoms with van der Waals surface area (Å²) >= 11 is 0. The van der Waals surface area contributed by atoms with Crippen molar-refractivity contribution in [2.45, 2.75) is 31.8 Å². The van der Waals surface area contributed by atoms with Crippen LogP contribution in [0, 0.1) is 0 Å². The van der Waals surface area contributed by atoms with Crippen molar-refractivity contribution in [1.29, 1.82) is 0 Å². The van der Waals surface area contributed by atoms with Gasteiger partial charge in [0, 0.05) is 17.7 Å². The molecule has 0 bridgehead atoms. The highest BCUT2D eigenvalue weighted by molar-refractivity contribution is 5.93. The van der Waals surface area contributed by atoms with Crippen LogP contribution in [0.3, 0.4) is 0 Å². The number of amides is 2. The zero-order chi connectivity index (χ0) is 31.0. The number of carbonyl (C=O) groups is 3. The first-order valence-corrected chi connectivity index (χ1v) is 12.9. The Bertz CT molecular complexity index is 1640. The van der Waals surface area contributed by atoms with Crippen LogP contribution < -0.4 is 21.9 Å². The molecule has 1 unspecified atom stereocenters. The number of benzene rings is 3. The fourth-order valence-electron chi connectivity index (χ4n) is 4.10. The molecule has 1 aromatic heterocycles. The molecule has 0 saturated heterocycles. The number of nitrogen functional groups attached to an aromatic ring is 1. The Morgan fingerprint density at radius 2 is 1.51 bits per heavy atom. The monoisotopic (exact) mass is 593 g/mol. The average molecular weight is 594 g/mol. The molecule has 1 heterocycles. The van der Waals surface area contributed by atoms with Gasteiger partial charge in [0.1, 0.15) is 30.7 Å². The van der Waals surface area contributed by atoms with Gasteiger partial charge in [0.05, 0.1) is 6.20 Å². The highest BCUT2D eigenvalue weighted by Crippen LogP contribution is 2.21. The number of halogens is 3. The van der Waals surface area contributed by atoms with Crippen LogP contribution in [-0.2, 0) is 33.9 Å². The summed E-state index contributed by atoms with van der Waals surface area (Å²) in [5, 5.41) is 4.39. The van der Waals surface area contributed by atoms with Gasteiger partial charge in [-0.3, -0.25) is 24.3 Å². The molecule has 0 aliphatic heterocycles. The molecule has 4 rings (SSSR count). The van der Waals surface area contributed by atoms with E-state index in [9.17, 15) is 32.3 Å². The standard InChI is InChI=1S/C30H26F3N5O5/c31-30(32,33)26(40)23(15-19-7-3-1-4-8-19)36-25(39)17-38-27(21-11-13-22(34)14-12-21)35-16-24(28(38)41)37-29(42)43-18-20-9-5-2-6-10-20/h1-14,16,23H,15,17-18,34H2,(H,36,39)(H,37,42). The summed E-state index contributed by atoms with van der Waals surface area (Å²) in [5.74, 6) is -3.25. The number of ether oxygens (including phenoxy) is 1. The lowest BCUT2D eigenvalue weighted by Gasteiger charge is -2.20. The number of aromatic nitrogens is 2. The van der Waals surface area contributed by atoms with Crippen molar-refractivity contribution in [1.82, 2.24) is 14.9 Å². The molecule has 0 radical (unpaired) electrons. The number of rotatable bonds is 10. The number of nitrogens with one attached hydrogen (secondary N) is 2. The van der Waals surface area contributed by atoms with Crippen LogP contribution in [0.5, 0.6) is 0 Å². The first-order valence-electron chi connectivity index (χ1n) is 12.9. The highest BCUT2D eigenvalue weighted by atomic mass is 19.4. The van der Waals surface area contributed by atoms with Gasteiger partial charge in [-0.2, -0.15) is 13.2 Å². The summed E-state index contributed by atoms with van der Waals surface area (Å²) < 4.78 is 46.1. The Kier molecular flexibility index (Phi) is 9.55. The number of hydrogen-bond acceptors (Lipinski definition) is 7. The van der Waals surface area contributed by atoms with Crippen LogP contribution in [0.2, 0.25) is 0 Å². The van der Waals surface area contributed by atoms with Gasteiger partial charge in [0.15, 0.2) is 0 Å². The molecule has 0 saturated carbocycles. The summed E-state index contributed by atoms with van der Waals surface area (Å²) in [7, 11) is 0. The van der Waals surface area contributed by atoms with Gasteiger partial charge >= 0.3 is 12.3 Å². The third kappa shape index (κ3) is 8.28.